The third kappa shape index (κ3) is 4.72. The van der Waals surface area contributed by atoms with Crippen molar-refractivity contribution in [3.63, 3.8) is 0 Å². The van der Waals surface area contributed by atoms with Crippen LogP contribution in [-0.2, 0) is 14.4 Å². The van der Waals surface area contributed by atoms with E-state index in [0.717, 1.165) is 12.8 Å². The Morgan fingerprint density at radius 2 is 1.81 bits per heavy atom. The van der Waals surface area contributed by atoms with Crippen molar-refractivity contribution in [3.05, 3.63) is 0 Å². The first-order valence-corrected chi connectivity index (χ1v) is 7.71. The Bertz CT molecular complexity index is 397. The Hall–Kier alpha value is -1.59. The fraction of sp³-hybridized carbons (Fsp3) is 0.800. The molecule has 0 radical (unpaired) electrons. The van der Waals surface area contributed by atoms with E-state index >= 15 is 0 Å². The topological polar surface area (TPSA) is 95.5 Å². The van der Waals surface area contributed by atoms with Gasteiger partial charge in [-0.25, -0.2) is 0 Å². The van der Waals surface area contributed by atoms with Crippen LogP contribution in [0.1, 0.15) is 46.5 Å². The van der Waals surface area contributed by atoms with Crippen LogP contribution in [0.2, 0.25) is 0 Å². The van der Waals surface area contributed by atoms with Crippen molar-refractivity contribution in [1.29, 1.82) is 0 Å². The van der Waals surface area contributed by atoms with Crippen LogP contribution in [0.5, 0.6) is 0 Å². The van der Waals surface area contributed by atoms with Crippen LogP contribution >= 0.6 is 0 Å². The van der Waals surface area contributed by atoms with Crippen molar-refractivity contribution in [2.75, 3.05) is 6.54 Å². The maximum atomic E-state index is 12.3. The van der Waals surface area contributed by atoms with E-state index in [1.165, 1.54) is 0 Å². The summed E-state index contributed by atoms with van der Waals surface area (Å²) in [5.74, 6) is -2.38. The lowest BCUT2D eigenvalue weighted by Crippen LogP contribution is -2.47. The average Bonchev–Trinajstić information content (AvgIpc) is 2.89. The summed E-state index contributed by atoms with van der Waals surface area (Å²) >= 11 is 0. The molecule has 0 saturated heterocycles. The zero-order chi connectivity index (χ0) is 16.0. The number of carboxylic acid groups (broad SMARTS) is 1. The Kier molecular flexibility index (Phi) is 6.65. The first kappa shape index (κ1) is 17.5. The van der Waals surface area contributed by atoms with Gasteiger partial charge >= 0.3 is 5.97 Å². The van der Waals surface area contributed by atoms with Gasteiger partial charge in [-0.15, -0.1) is 0 Å². The predicted molar refractivity (Wildman–Crippen MR) is 78.5 cm³/mol. The van der Waals surface area contributed by atoms with Crippen LogP contribution in [0.15, 0.2) is 0 Å². The molecular weight excluding hydrogens is 272 g/mol. The Balaban J connectivity index is 2.60. The lowest BCUT2D eigenvalue weighted by molar-refractivity contribution is -0.146. The van der Waals surface area contributed by atoms with Crippen molar-refractivity contribution in [2.24, 2.45) is 17.8 Å². The predicted octanol–water partition coefficient (Wildman–Crippen LogP) is 1.15. The van der Waals surface area contributed by atoms with Gasteiger partial charge in [0.2, 0.25) is 11.8 Å². The Morgan fingerprint density at radius 3 is 2.33 bits per heavy atom. The first-order valence-electron chi connectivity index (χ1n) is 7.71. The standard InChI is InChI=1S/C15H26N2O4/c1-4-6-16-13(18)9(3)17-14(19)11-7-10(5-2)8-12(11)15(20)21/h9-12H,4-8H2,1-3H3,(H,16,18)(H,17,19)(H,20,21). The van der Waals surface area contributed by atoms with Crippen molar-refractivity contribution >= 4 is 17.8 Å². The van der Waals surface area contributed by atoms with Crippen LogP contribution in [-0.4, -0.2) is 35.5 Å². The molecule has 0 heterocycles. The van der Waals surface area contributed by atoms with Crippen LogP contribution in [0.25, 0.3) is 0 Å². The second kappa shape index (κ2) is 8.00. The number of carboxylic acids is 1. The molecule has 1 rings (SSSR count). The smallest absolute Gasteiger partial charge is 0.307 e. The van der Waals surface area contributed by atoms with Gasteiger partial charge < -0.3 is 15.7 Å². The molecule has 1 aliphatic carbocycles. The van der Waals surface area contributed by atoms with E-state index < -0.39 is 23.8 Å². The highest BCUT2D eigenvalue weighted by Gasteiger charge is 2.42. The maximum absolute atomic E-state index is 12.3. The summed E-state index contributed by atoms with van der Waals surface area (Å²) in [7, 11) is 0. The summed E-state index contributed by atoms with van der Waals surface area (Å²) in [4.78, 5) is 35.3. The van der Waals surface area contributed by atoms with Gasteiger partial charge in [-0.3, -0.25) is 14.4 Å². The minimum Gasteiger partial charge on any atom is -0.481 e. The molecule has 0 aromatic carbocycles. The van der Waals surface area contributed by atoms with Gasteiger partial charge in [0.05, 0.1) is 11.8 Å². The van der Waals surface area contributed by atoms with Crippen LogP contribution in [0, 0.1) is 17.8 Å². The van der Waals surface area contributed by atoms with Crippen LogP contribution in [0.3, 0.4) is 0 Å². The number of carbonyl (C=O) groups excluding carboxylic acids is 2. The fourth-order valence-electron chi connectivity index (χ4n) is 2.83. The van der Waals surface area contributed by atoms with Gasteiger partial charge in [-0.2, -0.15) is 0 Å². The van der Waals surface area contributed by atoms with Crippen molar-refractivity contribution in [1.82, 2.24) is 10.6 Å². The summed E-state index contributed by atoms with van der Waals surface area (Å²) in [6.07, 6.45) is 2.83. The molecule has 4 unspecified atom stereocenters. The molecule has 1 aliphatic rings. The molecule has 6 heteroatoms. The molecule has 0 aromatic rings. The minimum absolute atomic E-state index is 0.234. The summed E-state index contributed by atoms with van der Waals surface area (Å²) in [5, 5.41) is 14.6. The van der Waals surface area contributed by atoms with E-state index in [-0.39, 0.29) is 17.7 Å². The molecule has 2 amide bonds. The highest BCUT2D eigenvalue weighted by molar-refractivity contribution is 5.90. The van der Waals surface area contributed by atoms with Gasteiger partial charge in [0.15, 0.2) is 0 Å². The van der Waals surface area contributed by atoms with E-state index in [1.54, 1.807) is 6.92 Å². The van der Waals surface area contributed by atoms with Crippen molar-refractivity contribution < 1.29 is 19.5 Å². The van der Waals surface area contributed by atoms with E-state index in [1.807, 2.05) is 13.8 Å². The van der Waals surface area contributed by atoms with Gasteiger partial charge in [0.1, 0.15) is 6.04 Å². The van der Waals surface area contributed by atoms with Crippen molar-refractivity contribution in [2.45, 2.75) is 52.5 Å². The van der Waals surface area contributed by atoms with Gasteiger partial charge in [0, 0.05) is 6.54 Å². The molecule has 6 nitrogen and oxygen atoms in total. The number of hydrogen-bond donors (Lipinski definition) is 3. The SMILES string of the molecule is CCCNC(=O)C(C)NC(=O)C1CC(CC)CC1C(=O)O. The quantitative estimate of drug-likeness (QED) is 0.657. The minimum atomic E-state index is -0.922. The number of amides is 2. The number of rotatable bonds is 7. The number of aliphatic carboxylic acids is 1. The lowest BCUT2D eigenvalue weighted by Gasteiger charge is -2.19. The zero-order valence-corrected chi connectivity index (χ0v) is 13.0. The highest BCUT2D eigenvalue weighted by atomic mass is 16.4. The molecule has 120 valence electrons. The van der Waals surface area contributed by atoms with Gasteiger partial charge in [-0.1, -0.05) is 20.3 Å². The van der Waals surface area contributed by atoms with E-state index in [9.17, 15) is 19.5 Å². The molecule has 21 heavy (non-hydrogen) atoms. The van der Waals surface area contributed by atoms with E-state index in [4.69, 9.17) is 0 Å². The molecule has 0 bridgehead atoms. The van der Waals surface area contributed by atoms with E-state index in [2.05, 4.69) is 10.6 Å². The van der Waals surface area contributed by atoms with Crippen molar-refractivity contribution in [3.8, 4) is 0 Å². The number of carbonyl (C=O) groups is 3. The monoisotopic (exact) mass is 298 g/mol. The third-order valence-corrected chi connectivity index (χ3v) is 4.19. The average molecular weight is 298 g/mol. The molecule has 0 spiro atoms. The first-order chi connectivity index (χ1) is 9.90. The second-order valence-electron chi connectivity index (χ2n) is 5.82. The molecule has 0 aliphatic heterocycles. The third-order valence-electron chi connectivity index (χ3n) is 4.19. The molecule has 4 atom stereocenters. The molecule has 1 fully saturated rings. The van der Waals surface area contributed by atoms with Gasteiger partial charge in [0.25, 0.3) is 0 Å². The van der Waals surface area contributed by atoms with Gasteiger partial charge in [-0.05, 0) is 32.1 Å². The fourth-order valence-corrected chi connectivity index (χ4v) is 2.83. The highest BCUT2D eigenvalue weighted by Crippen LogP contribution is 2.38. The molecule has 0 aromatic heterocycles. The van der Waals surface area contributed by atoms with Crippen LogP contribution in [0.4, 0.5) is 0 Å². The summed E-state index contributed by atoms with van der Waals surface area (Å²) in [6.45, 7) is 6.14. The van der Waals surface area contributed by atoms with Crippen LogP contribution < -0.4 is 10.6 Å². The normalized spacial score (nSPS) is 26.1. The molecular formula is C15H26N2O4. The number of nitrogens with one attached hydrogen (secondary N) is 2. The lowest BCUT2D eigenvalue weighted by atomic mass is 9.95. The summed E-state index contributed by atoms with van der Waals surface area (Å²) < 4.78 is 0. The largest absolute Gasteiger partial charge is 0.481 e. The number of hydrogen-bond acceptors (Lipinski definition) is 3. The maximum Gasteiger partial charge on any atom is 0.307 e. The molecule has 1 saturated carbocycles. The Labute approximate surface area is 125 Å². The van der Waals surface area contributed by atoms with E-state index in [0.29, 0.717) is 19.4 Å². The summed E-state index contributed by atoms with van der Waals surface area (Å²) in [5.41, 5.74) is 0. The zero-order valence-electron chi connectivity index (χ0n) is 13.0. The molecule has 3 N–H and O–H groups in total. The Morgan fingerprint density at radius 1 is 1.19 bits per heavy atom. The summed E-state index contributed by atoms with van der Waals surface area (Å²) in [6, 6.07) is -0.640. The second-order valence-corrected chi connectivity index (χ2v) is 5.82.